The van der Waals surface area contributed by atoms with Crippen molar-refractivity contribution in [2.24, 2.45) is 0 Å². The lowest BCUT2D eigenvalue weighted by atomic mass is 9.99. The van der Waals surface area contributed by atoms with Crippen LogP contribution in [0.5, 0.6) is 0 Å². The summed E-state index contributed by atoms with van der Waals surface area (Å²) in [6.07, 6.45) is 5.15. The minimum absolute atomic E-state index is 0.00867. The van der Waals surface area contributed by atoms with Gasteiger partial charge in [0.25, 0.3) is 23.6 Å². The third-order valence-electron chi connectivity index (χ3n) is 10.1. The molecule has 0 bridgehead atoms. The number of hydrogen-bond acceptors (Lipinski definition) is 11. The minimum atomic E-state index is -1.10. The maximum atomic E-state index is 13.2. The third-order valence-corrected chi connectivity index (χ3v) is 10.1. The Bertz CT molecular complexity index is 2450. The molecule has 1 fully saturated rings. The Morgan fingerprint density at radius 3 is 2.38 bits per heavy atom. The number of imide groups is 2. The van der Waals surface area contributed by atoms with Crippen LogP contribution in [0.1, 0.15) is 80.0 Å². The molecule has 294 valence electrons. The predicted molar refractivity (Wildman–Crippen MR) is 216 cm³/mol. The second-order valence-corrected chi connectivity index (χ2v) is 13.9. The van der Waals surface area contributed by atoms with Crippen molar-refractivity contribution in [2.45, 2.75) is 44.6 Å². The van der Waals surface area contributed by atoms with Crippen molar-refractivity contribution in [3.63, 3.8) is 0 Å². The number of carbonyl (C=O) groups excluding carboxylic acids is 7. The zero-order chi connectivity index (χ0) is 40.8. The van der Waals surface area contributed by atoms with E-state index < -0.39 is 29.7 Å². The number of fused-ring (bicyclic) bond motifs is 2. The Labute approximate surface area is 333 Å². The zero-order valence-electron chi connectivity index (χ0n) is 31.6. The number of Topliss-reactive ketones (excluding diaryl/α,β-unsaturated/α-hetero) is 1. The summed E-state index contributed by atoms with van der Waals surface area (Å²) in [6.45, 7) is 0.310. The number of piperidine rings is 1. The molecule has 1 atom stereocenters. The number of pyridine rings is 2. The van der Waals surface area contributed by atoms with Gasteiger partial charge in [-0.3, -0.25) is 48.8 Å². The molecule has 58 heavy (non-hydrogen) atoms. The van der Waals surface area contributed by atoms with E-state index in [1.54, 1.807) is 25.4 Å². The van der Waals surface area contributed by atoms with E-state index in [1.807, 2.05) is 60.7 Å². The quantitative estimate of drug-likeness (QED) is 0.0722. The molecule has 0 aliphatic carbocycles. The van der Waals surface area contributed by atoms with Crippen LogP contribution in [0.2, 0.25) is 0 Å². The maximum absolute atomic E-state index is 13.2. The number of amides is 6. The summed E-state index contributed by atoms with van der Waals surface area (Å²) in [5.41, 5.74) is 4.94. The molecule has 2 aliphatic heterocycles. The first-order chi connectivity index (χ1) is 28.1. The fourth-order valence-corrected chi connectivity index (χ4v) is 7.04. The molecule has 15 nitrogen and oxygen atoms in total. The van der Waals surface area contributed by atoms with Crippen LogP contribution in [0, 0.1) is 0 Å². The van der Waals surface area contributed by atoms with Crippen molar-refractivity contribution in [3.8, 4) is 11.1 Å². The SMILES string of the molecule is CNC(=O)c1cnc2ccc(-c3ccc(C(=O)NCCCCCC(=O)CNc4nccc5c4C(=O)N(C4CCC(=O)NC4=O)C5=O)cc3)cc2c1Nc1ccccc1. The average Bonchev–Trinajstić information content (AvgIpc) is 3.50. The van der Waals surface area contributed by atoms with E-state index >= 15 is 0 Å². The standard InChI is InChI=1S/C43H40N8O7/c1-44-40(55)32-24-47-33-16-15-27(22-31(33)37(32)49-28-8-4-2-5-9-28)25-11-13-26(14-12-25)39(54)46-20-7-3-6-10-29(52)23-48-38-36-30(19-21-45-38)42(57)51(43(36)58)34-17-18-35(53)50-41(34)56/h2,4-5,8-9,11-16,19,21-22,24,34H,3,6-7,10,17-18,20,23H2,1H3,(H,44,55)(H,45,48)(H,46,54)(H,47,49)(H,50,53,56). The number of anilines is 3. The lowest BCUT2D eigenvalue weighted by Crippen LogP contribution is -2.54. The topological polar surface area (TPSA) is 209 Å². The summed E-state index contributed by atoms with van der Waals surface area (Å²) < 4.78 is 0. The smallest absolute Gasteiger partial charge is 0.266 e. The highest BCUT2D eigenvalue weighted by Gasteiger charge is 2.46. The molecule has 0 spiro atoms. The van der Waals surface area contributed by atoms with Gasteiger partial charge >= 0.3 is 0 Å². The molecule has 1 unspecified atom stereocenters. The van der Waals surface area contributed by atoms with E-state index in [1.165, 1.54) is 12.3 Å². The zero-order valence-corrected chi connectivity index (χ0v) is 31.6. The van der Waals surface area contributed by atoms with E-state index in [0.717, 1.165) is 32.6 Å². The first-order valence-corrected chi connectivity index (χ1v) is 18.9. The highest BCUT2D eigenvalue weighted by atomic mass is 16.2. The van der Waals surface area contributed by atoms with Crippen LogP contribution in [0.25, 0.3) is 22.0 Å². The lowest BCUT2D eigenvalue weighted by Gasteiger charge is -2.27. The summed E-state index contributed by atoms with van der Waals surface area (Å²) in [4.78, 5) is 98.1. The van der Waals surface area contributed by atoms with E-state index in [-0.39, 0.29) is 60.3 Å². The molecule has 2 aliphatic rings. The van der Waals surface area contributed by atoms with Crippen LogP contribution in [0.4, 0.5) is 17.2 Å². The molecule has 6 amide bonds. The van der Waals surface area contributed by atoms with Crippen molar-refractivity contribution in [2.75, 3.05) is 30.8 Å². The highest BCUT2D eigenvalue weighted by molar-refractivity contribution is 6.25. The number of unbranched alkanes of at least 4 members (excludes halogenated alkanes) is 2. The molecule has 0 saturated carbocycles. The maximum Gasteiger partial charge on any atom is 0.266 e. The van der Waals surface area contributed by atoms with Crippen molar-refractivity contribution < 1.29 is 33.6 Å². The highest BCUT2D eigenvalue weighted by Crippen LogP contribution is 2.34. The van der Waals surface area contributed by atoms with E-state index in [4.69, 9.17) is 0 Å². The normalized spacial score (nSPS) is 14.8. The largest absolute Gasteiger partial charge is 0.362 e. The van der Waals surface area contributed by atoms with Crippen molar-refractivity contribution in [1.82, 2.24) is 30.8 Å². The van der Waals surface area contributed by atoms with Crippen molar-refractivity contribution >= 4 is 69.3 Å². The number of ketones is 1. The van der Waals surface area contributed by atoms with E-state index in [0.29, 0.717) is 42.6 Å². The van der Waals surface area contributed by atoms with Gasteiger partial charge in [0.15, 0.2) is 5.78 Å². The molecular formula is C43H40N8O7. The fraction of sp³-hybridized carbons (Fsp3) is 0.233. The van der Waals surface area contributed by atoms with Gasteiger partial charge in [0.05, 0.1) is 34.4 Å². The molecule has 3 aromatic carbocycles. The Kier molecular flexibility index (Phi) is 11.6. The lowest BCUT2D eigenvalue weighted by molar-refractivity contribution is -0.136. The minimum Gasteiger partial charge on any atom is -0.362 e. The first-order valence-electron chi connectivity index (χ1n) is 18.9. The Morgan fingerprint density at radius 1 is 0.845 bits per heavy atom. The average molecular weight is 781 g/mol. The number of nitrogens with one attached hydrogen (secondary N) is 5. The van der Waals surface area contributed by atoms with Crippen molar-refractivity contribution in [3.05, 3.63) is 114 Å². The van der Waals surface area contributed by atoms with Crippen molar-refractivity contribution in [1.29, 1.82) is 0 Å². The Hall–Kier alpha value is -7.29. The van der Waals surface area contributed by atoms with Gasteiger partial charge in [-0.1, -0.05) is 42.8 Å². The molecule has 5 N–H and O–H groups in total. The van der Waals surface area contributed by atoms with E-state index in [2.05, 4.69) is 36.6 Å². The van der Waals surface area contributed by atoms with Crippen LogP contribution in [-0.4, -0.2) is 82.3 Å². The van der Waals surface area contributed by atoms with Gasteiger partial charge in [0.1, 0.15) is 11.9 Å². The summed E-state index contributed by atoms with van der Waals surface area (Å²) in [5, 5.41) is 14.8. The summed E-state index contributed by atoms with van der Waals surface area (Å²) in [5.74, 6) is -3.05. The Balaban J connectivity index is 0.879. The van der Waals surface area contributed by atoms with Crippen LogP contribution < -0.4 is 26.6 Å². The van der Waals surface area contributed by atoms with Gasteiger partial charge < -0.3 is 21.3 Å². The summed E-state index contributed by atoms with van der Waals surface area (Å²) in [7, 11) is 1.58. The monoisotopic (exact) mass is 780 g/mol. The van der Waals surface area contributed by atoms with Gasteiger partial charge in [-0.05, 0) is 72.9 Å². The molecule has 5 aromatic rings. The predicted octanol–water partition coefficient (Wildman–Crippen LogP) is 4.77. The molecule has 0 radical (unpaired) electrons. The molecule has 2 aromatic heterocycles. The summed E-state index contributed by atoms with van der Waals surface area (Å²) >= 11 is 0. The number of hydrogen-bond donors (Lipinski definition) is 5. The number of carbonyl (C=O) groups is 7. The molecule has 1 saturated heterocycles. The Morgan fingerprint density at radius 2 is 1.62 bits per heavy atom. The molecule has 7 rings (SSSR count). The molecule has 4 heterocycles. The van der Waals surface area contributed by atoms with Gasteiger partial charge in [0.2, 0.25) is 11.8 Å². The number of nitrogens with zero attached hydrogens (tertiary/aromatic N) is 3. The van der Waals surface area contributed by atoms with Gasteiger partial charge in [-0.15, -0.1) is 0 Å². The number of benzene rings is 3. The van der Waals surface area contributed by atoms with Crippen LogP contribution in [0.15, 0.2) is 91.3 Å². The van der Waals surface area contributed by atoms with E-state index in [9.17, 15) is 33.6 Å². The van der Waals surface area contributed by atoms with Gasteiger partial charge in [0, 0.05) is 55.5 Å². The second-order valence-electron chi connectivity index (χ2n) is 13.9. The molecular weight excluding hydrogens is 741 g/mol. The van der Waals surface area contributed by atoms with Crippen LogP contribution in [-0.2, 0) is 14.4 Å². The van der Waals surface area contributed by atoms with Gasteiger partial charge in [-0.25, -0.2) is 4.98 Å². The third kappa shape index (κ3) is 8.28. The molecule has 15 heteroatoms. The van der Waals surface area contributed by atoms with Crippen LogP contribution >= 0.6 is 0 Å². The van der Waals surface area contributed by atoms with Crippen LogP contribution in [0.3, 0.4) is 0 Å². The first kappa shape index (κ1) is 39.0. The number of aromatic nitrogens is 2. The number of para-hydroxylation sites is 1. The number of rotatable bonds is 15. The fourth-order valence-electron chi connectivity index (χ4n) is 7.04. The second kappa shape index (κ2) is 17.2. The van der Waals surface area contributed by atoms with Gasteiger partial charge in [-0.2, -0.15) is 0 Å². The summed E-state index contributed by atoms with van der Waals surface area (Å²) in [6, 6.07) is 23.0.